The summed E-state index contributed by atoms with van der Waals surface area (Å²) in [5.41, 5.74) is 1.43. The lowest BCUT2D eigenvalue weighted by Crippen LogP contribution is -2.22. The van der Waals surface area contributed by atoms with Crippen molar-refractivity contribution in [3.05, 3.63) is 24.3 Å². The van der Waals surface area contributed by atoms with Gasteiger partial charge in [0.2, 0.25) is 0 Å². The molecule has 0 amide bonds. The van der Waals surface area contributed by atoms with Crippen LogP contribution in [0.2, 0.25) is 0 Å². The van der Waals surface area contributed by atoms with Crippen molar-refractivity contribution in [2.45, 2.75) is 25.3 Å². The number of hydrogen-bond donors (Lipinski definition) is 1. The fourth-order valence-corrected chi connectivity index (χ4v) is 0.734. The fraction of sp³-hybridized carbons (Fsp3) is 0.500. The van der Waals surface area contributed by atoms with E-state index in [1.807, 2.05) is 0 Å². The predicted molar refractivity (Wildman–Crippen MR) is 45.3 cm³/mol. The average Bonchev–Trinajstić information content (AvgIpc) is 1.84. The SMILES string of the molecule is C=C(C)[C@@H](Cl)[C@@H](O)C(=C)C. The Bertz CT molecular complexity index is 133. The van der Waals surface area contributed by atoms with Gasteiger partial charge >= 0.3 is 0 Å². The molecule has 0 bridgehead atoms. The summed E-state index contributed by atoms with van der Waals surface area (Å²) in [4.78, 5) is 0. The van der Waals surface area contributed by atoms with Crippen molar-refractivity contribution in [1.82, 2.24) is 0 Å². The van der Waals surface area contributed by atoms with E-state index in [4.69, 9.17) is 11.6 Å². The molecule has 0 unspecified atom stereocenters. The van der Waals surface area contributed by atoms with Crippen LogP contribution in [-0.2, 0) is 0 Å². The van der Waals surface area contributed by atoms with Crippen LogP contribution in [-0.4, -0.2) is 16.6 Å². The summed E-state index contributed by atoms with van der Waals surface area (Å²) < 4.78 is 0. The number of alkyl halides is 1. The summed E-state index contributed by atoms with van der Waals surface area (Å²) in [5.74, 6) is 0. The molecule has 2 heteroatoms. The highest BCUT2D eigenvalue weighted by molar-refractivity contribution is 6.22. The highest BCUT2D eigenvalue weighted by Gasteiger charge is 2.16. The molecule has 0 heterocycles. The van der Waals surface area contributed by atoms with Crippen molar-refractivity contribution >= 4 is 11.6 Å². The minimum Gasteiger partial charge on any atom is -0.387 e. The molecule has 10 heavy (non-hydrogen) atoms. The molecule has 0 aromatic carbocycles. The maximum absolute atomic E-state index is 9.27. The number of rotatable bonds is 3. The molecule has 0 rings (SSSR count). The number of halogens is 1. The lowest BCUT2D eigenvalue weighted by Gasteiger charge is -2.16. The number of aliphatic hydroxyl groups is 1. The van der Waals surface area contributed by atoms with Gasteiger partial charge in [0, 0.05) is 0 Å². The first-order valence-corrected chi connectivity index (χ1v) is 3.53. The summed E-state index contributed by atoms with van der Waals surface area (Å²) in [6.07, 6.45) is -0.667. The van der Waals surface area contributed by atoms with Crippen LogP contribution in [0.1, 0.15) is 13.8 Å². The van der Waals surface area contributed by atoms with Gasteiger partial charge in [0.05, 0.1) is 11.5 Å². The third kappa shape index (κ3) is 2.54. The molecule has 0 aliphatic carbocycles. The Hall–Kier alpha value is -0.270. The van der Waals surface area contributed by atoms with Gasteiger partial charge in [-0.15, -0.1) is 11.6 Å². The predicted octanol–water partition coefficient (Wildman–Crippen LogP) is 2.11. The Morgan fingerprint density at radius 3 is 1.80 bits per heavy atom. The van der Waals surface area contributed by atoms with E-state index in [2.05, 4.69) is 13.2 Å². The second-order valence-corrected chi connectivity index (χ2v) is 3.01. The fourth-order valence-electron chi connectivity index (χ4n) is 0.519. The molecular formula is C8H13ClO. The highest BCUT2D eigenvalue weighted by Crippen LogP contribution is 2.16. The molecule has 0 radical (unpaired) electrons. The Balaban J connectivity index is 4.07. The first kappa shape index (κ1) is 9.73. The molecule has 0 aromatic heterocycles. The highest BCUT2D eigenvalue weighted by atomic mass is 35.5. The summed E-state index contributed by atoms with van der Waals surface area (Å²) in [6, 6.07) is 0. The molecule has 0 aromatic rings. The van der Waals surface area contributed by atoms with Crippen LogP contribution in [0.4, 0.5) is 0 Å². The van der Waals surface area contributed by atoms with Crippen molar-refractivity contribution in [3.63, 3.8) is 0 Å². The van der Waals surface area contributed by atoms with Crippen LogP contribution in [0, 0.1) is 0 Å². The van der Waals surface area contributed by atoms with Gasteiger partial charge in [0.1, 0.15) is 0 Å². The monoisotopic (exact) mass is 160 g/mol. The number of aliphatic hydroxyl groups excluding tert-OH is 1. The molecule has 2 atom stereocenters. The smallest absolute Gasteiger partial charge is 0.0946 e. The van der Waals surface area contributed by atoms with Crippen molar-refractivity contribution in [2.24, 2.45) is 0 Å². The van der Waals surface area contributed by atoms with Crippen LogP contribution < -0.4 is 0 Å². The molecule has 1 nitrogen and oxygen atoms in total. The quantitative estimate of drug-likeness (QED) is 0.495. The van der Waals surface area contributed by atoms with E-state index in [0.29, 0.717) is 5.57 Å². The van der Waals surface area contributed by atoms with E-state index in [0.717, 1.165) is 5.57 Å². The molecule has 0 fully saturated rings. The van der Waals surface area contributed by atoms with Crippen molar-refractivity contribution in [3.8, 4) is 0 Å². The Morgan fingerprint density at radius 1 is 1.30 bits per heavy atom. The third-order valence-electron chi connectivity index (χ3n) is 1.25. The molecule has 58 valence electrons. The molecule has 0 aliphatic rings. The summed E-state index contributed by atoms with van der Waals surface area (Å²) in [5, 5.41) is 8.87. The van der Waals surface area contributed by atoms with Crippen LogP contribution in [0.3, 0.4) is 0 Å². The normalized spacial score (nSPS) is 16.0. The van der Waals surface area contributed by atoms with Gasteiger partial charge in [-0.1, -0.05) is 24.3 Å². The van der Waals surface area contributed by atoms with E-state index >= 15 is 0 Å². The Morgan fingerprint density at radius 2 is 1.70 bits per heavy atom. The maximum Gasteiger partial charge on any atom is 0.0946 e. The Kier molecular flexibility index (Phi) is 3.69. The third-order valence-corrected chi connectivity index (χ3v) is 1.86. The van der Waals surface area contributed by atoms with Crippen LogP contribution in [0.15, 0.2) is 24.3 Å². The second kappa shape index (κ2) is 3.79. The van der Waals surface area contributed by atoms with Gasteiger partial charge < -0.3 is 5.11 Å². The maximum atomic E-state index is 9.27. The minimum absolute atomic E-state index is 0.405. The van der Waals surface area contributed by atoms with Gasteiger partial charge in [-0.05, 0) is 13.8 Å². The molecule has 0 saturated heterocycles. The molecule has 1 N–H and O–H groups in total. The largest absolute Gasteiger partial charge is 0.387 e. The average molecular weight is 161 g/mol. The van der Waals surface area contributed by atoms with E-state index in [-0.39, 0.29) is 0 Å². The zero-order valence-corrected chi connectivity index (χ0v) is 7.15. The van der Waals surface area contributed by atoms with Gasteiger partial charge in [0.15, 0.2) is 0 Å². The topological polar surface area (TPSA) is 20.2 Å². The zero-order chi connectivity index (χ0) is 8.31. The van der Waals surface area contributed by atoms with E-state index in [1.165, 1.54) is 0 Å². The van der Waals surface area contributed by atoms with Crippen molar-refractivity contribution < 1.29 is 5.11 Å². The lowest BCUT2D eigenvalue weighted by molar-refractivity contribution is 0.215. The van der Waals surface area contributed by atoms with E-state index in [1.54, 1.807) is 13.8 Å². The zero-order valence-electron chi connectivity index (χ0n) is 6.39. The molecule has 0 spiro atoms. The number of hydrogen-bond acceptors (Lipinski definition) is 1. The first-order valence-electron chi connectivity index (χ1n) is 3.09. The first-order chi connectivity index (χ1) is 4.46. The summed E-state index contributed by atoms with van der Waals surface area (Å²) in [7, 11) is 0. The molecular weight excluding hydrogens is 148 g/mol. The Labute approximate surface area is 67.0 Å². The molecule has 0 aliphatic heterocycles. The minimum atomic E-state index is -0.667. The summed E-state index contributed by atoms with van der Waals surface area (Å²) >= 11 is 5.75. The second-order valence-electron chi connectivity index (χ2n) is 2.54. The van der Waals surface area contributed by atoms with Gasteiger partial charge in [-0.2, -0.15) is 0 Å². The van der Waals surface area contributed by atoms with Crippen molar-refractivity contribution in [1.29, 1.82) is 0 Å². The molecule has 0 saturated carbocycles. The lowest BCUT2D eigenvalue weighted by atomic mass is 10.1. The van der Waals surface area contributed by atoms with E-state index in [9.17, 15) is 5.11 Å². The van der Waals surface area contributed by atoms with Gasteiger partial charge in [0.25, 0.3) is 0 Å². The summed E-state index contributed by atoms with van der Waals surface area (Å²) in [6.45, 7) is 10.7. The van der Waals surface area contributed by atoms with E-state index < -0.39 is 11.5 Å². The van der Waals surface area contributed by atoms with Gasteiger partial charge in [-0.3, -0.25) is 0 Å². The standard InChI is InChI=1S/C8H13ClO/c1-5(2)7(9)8(10)6(3)4/h7-8,10H,1,3H2,2,4H3/t7-,8+/m1/s1. The van der Waals surface area contributed by atoms with Gasteiger partial charge in [-0.25, -0.2) is 0 Å². The van der Waals surface area contributed by atoms with Crippen LogP contribution in [0.5, 0.6) is 0 Å². The van der Waals surface area contributed by atoms with Crippen LogP contribution in [0.25, 0.3) is 0 Å². The van der Waals surface area contributed by atoms with Crippen molar-refractivity contribution in [2.75, 3.05) is 0 Å². The van der Waals surface area contributed by atoms with Crippen LogP contribution >= 0.6 is 11.6 Å².